The van der Waals surface area contributed by atoms with Crippen molar-refractivity contribution in [1.29, 1.82) is 0 Å². The molecule has 0 radical (unpaired) electrons. The van der Waals surface area contributed by atoms with Gasteiger partial charge in [-0.3, -0.25) is 4.79 Å². The van der Waals surface area contributed by atoms with Gasteiger partial charge in [-0.05, 0) is 47.5 Å². The van der Waals surface area contributed by atoms with Gasteiger partial charge < -0.3 is 9.47 Å². The van der Waals surface area contributed by atoms with E-state index >= 15 is 0 Å². The van der Waals surface area contributed by atoms with Crippen LogP contribution in [0.2, 0.25) is 10.0 Å². The number of nitrogens with zero attached hydrogens (tertiary/aromatic N) is 1. The Hall–Kier alpha value is -2.32. The molecule has 34 heavy (non-hydrogen) atoms. The lowest BCUT2D eigenvalue weighted by molar-refractivity contribution is -0.123. The molecule has 1 aliphatic heterocycles. The quantitative estimate of drug-likeness (QED) is 0.249. The van der Waals surface area contributed by atoms with E-state index in [-0.39, 0.29) is 12.5 Å². The average Bonchev–Trinajstić information content (AvgIpc) is 3.40. The minimum Gasteiger partial charge on any atom is -0.488 e. The van der Waals surface area contributed by atoms with Crippen molar-refractivity contribution in [3.63, 3.8) is 0 Å². The normalized spacial score (nSPS) is 13.8. The molecule has 1 saturated heterocycles. The van der Waals surface area contributed by atoms with Crippen LogP contribution in [0.15, 0.2) is 71.8 Å². The van der Waals surface area contributed by atoms with E-state index in [0.29, 0.717) is 32.7 Å². The standard InChI is InChI=1S/C25H22Cl2N2O3S2/c26-21-10-5-17(13-22(21)27)15-32-23-4-2-1-3-19(23)14-28-29-24(30)16-31-20-8-6-18(7-9-20)25-33-11-12-34-25/h1-10,13-14,25H,11-12,15-16H2,(H,29,30)/b28-14-. The largest absolute Gasteiger partial charge is 0.488 e. The van der Waals surface area contributed by atoms with Gasteiger partial charge in [0, 0.05) is 17.1 Å². The first-order valence-electron chi connectivity index (χ1n) is 10.5. The molecule has 0 atom stereocenters. The van der Waals surface area contributed by atoms with Crippen LogP contribution in [-0.4, -0.2) is 30.2 Å². The summed E-state index contributed by atoms with van der Waals surface area (Å²) in [6, 6.07) is 20.6. The average molecular weight is 534 g/mol. The number of amides is 1. The summed E-state index contributed by atoms with van der Waals surface area (Å²) in [5, 5.41) is 5.01. The molecular weight excluding hydrogens is 511 g/mol. The van der Waals surface area contributed by atoms with E-state index in [2.05, 4.69) is 22.7 Å². The summed E-state index contributed by atoms with van der Waals surface area (Å²) < 4.78 is 12.0. The van der Waals surface area contributed by atoms with E-state index in [1.165, 1.54) is 23.3 Å². The second kappa shape index (κ2) is 12.4. The van der Waals surface area contributed by atoms with Crippen LogP contribution >= 0.6 is 46.7 Å². The van der Waals surface area contributed by atoms with E-state index in [9.17, 15) is 4.79 Å². The van der Waals surface area contributed by atoms with Gasteiger partial charge in [-0.25, -0.2) is 5.43 Å². The Morgan fingerprint density at radius 2 is 1.76 bits per heavy atom. The molecule has 1 amide bonds. The van der Waals surface area contributed by atoms with E-state index in [1.807, 2.05) is 66.0 Å². The summed E-state index contributed by atoms with van der Waals surface area (Å²) in [6.45, 7) is 0.192. The molecule has 0 spiro atoms. The third-order valence-electron chi connectivity index (χ3n) is 4.83. The Bertz CT molecular complexity index is 1150. The van der Waals surface area contributed by atoms with Crippen molar-refractivity contribution < 1.29 is 14.3 Å². The summed E-state index contributed by atoms with van der Waals surface area (Å²) in [7, 11) is 0. The van der Waals surface area contributed by atoms with Crippen molar-refractivity contribution in [2.24, 2.45) is 5.10 Å². The number of nitrogens with one attached hydrogen (secondary N) is 1. The lowest BCUT2D eigenvalue weighted by atomic mass is 10.2. The molecule has 3 aromatic rings. The van der Waals surface area contributed by atoms with Crippen molar-refractivity contribution in [1.82, 2.24) is 5.43 Å². The van der Waals surface area contributed by atoms with Gasteiger partial charge in [-0.1, -0.05) is 53.5 Å². The molecule has 0 aromatic heterocycles. The molecule has 4 rings (SSSR count). The predicted octanol–water partition coefficient (Wildman–Crippen LogP) is 6.58. The first-order valence-corrected chi connectivity index (χ1v) is 13.4. The van der Waals surface area contributed by atoms with Gasteiger partial charge in [0.1, 0.15) is 18.1 Å². The summed E-state index contributed by atoms with van der Waals surface area (Å²) in [6.07, 6.45) is 1.54. The molecule has 0 unspecified atom stereocenters. The maximum absolute atomic E-state index is 12.1. The molecular formula is C25H22Cl2N2O3S2. The van der Waals surface area contributed by atoms with Crippen LogP contribution in [-0.2, 0) is 11.4 Å². The highest BCUT2D eigenvalue weighted by Crippen LogP contribution is 2.45. The van der Waals surface area contributed by atoms with Gasteiger partial charge in [-0.2, -0.15) is 5.10 Å². The molecule has 1 aliphatic rings. The molecule has 0 bridgehead atoms. The summed E-state index contributed by atoms with van der Waals surface area (Å²) >= 11 is 15.9. The van der Waals surface area contributed by atoms with Crippen LogP contribution in [0.1, 0.15) is 21.3 Å². The van der Waals surface area contributed by atoms with E-state index in [4.69, 9.17) is 32.7 Å². The first-order chi connectivity index (χ1) is 16.6. The zero-order chi connectivity index (χ0) is 23.8. The molecule has 0 saturated carbocycles. The number of thioether (sulfide) groups is 2. The van der Waals surface area contributed by atoms with Gasteiger partial charge in [0.2, 0.25) is 0 Å². The van der Waals surface area contributed by atoms with Gasteiger partial charge >= 0.3 is 0 Å². The maximum Gasteiger partial charge on any atom is 0.277 e. The number of ether oxygens (including phenoxy) is 2. The third-order valence-corrected chi connectivity index (χ3v) is 8.68. The van der Waals surface area contributed by atoms with Gasteiger partial charge in [-0.15, -0.1) is 23.5 Å². The van der Waals surface area contributed by atoms with Crippen molar-refractivity contribution >= 4 is 58.8 Å². The number of benzene rings is 3. The predicted molar refractivity (Wildman–Crippen MR) is 143 cm³/mol. The molecule has 3 aromatic carbocycles. The van der Waals surface area contributed by atoms with Gasteiger partial charge in [0.05, 0.1) is 20.8 Å². The summed E-state index contributed by atoms with van der Waals surface area (Å²) in [5.74, 6) is 3.29. The van der Waals surface area contributed by atoms with E-state index in [1.54, 1.807) is 12.1 Å². The molecule has 1 heterocycles. The van der Waals surface area contributed by atoms with Crippen LogP contribution in [0.5, 0.6) is 11.5 Å². The molecule has 1 fully saturated rings. The highest BCUT2D eigenvalue weighted by Gasteiger charge is 2.18. The fraction of sp³-hybridized carbons (Fsp3) is 0.200. The zero-order valence-electron chi connectivity index (χ0n) is 18.1. The van der Waals surface area contributed by atoms with Crippen molar-refractivity contribution in [3.8, 4) is 11.5 Å². The number of carbonyl (C=O) groups excluding carboxylic acids is 1. The minimum atomic E-state index is -0.351. The number of hydrogen-bond acceptors (Lipinski definition) is 6. The highest BCUT2D eigenvalue weighted by molar-refractivity contribution is 8.19. The number of hydrazone groups is 1. The summed E-state index contributed by atoms with van der Waals surface area (Å²) in [4.78, 5) is 12.1. The number of para-hydroxylation sites is 1. The van der Waals surface area contributed by atoms with Crippen molar-refractivity contribution in [3.05, 3.63) is 93.5 Å². The molecule has 1 N–H and O–H groups in total. The van der Waals surface area contributed by atoms with E-state index in [0.717, 1.165) is 11.1 Å². The number of hydrogen-bond donors (Lipinski definition) is 1. The smallest absolute Gasteiger partial charge is 0.277 e. The molecule has 176 valence electrons. The highest BCUT2D eigenvalue weighted by atomic mass is 35.5. The second-order valence-electron chi connectivity index (χ2n) is 7.30. The number of carbonyl (C=O) groups is 1. The SMILES string of the molecule is O=C(COc1ccc(C2SCCS2)cc1)N/N=C\c1ccccc1OCc1ccc(Cl)c(Cl)c1. The zero-order valence-corrected chi connectivity index (χ0v) is 21.2. The van der Waals surface area contributed by atoms with Gasteiger partial charge in [0.25, 0.3) is 5.91 Å². The monoisotopic (exact) mass is 532 g/mol. The second-order valence-corrected chi connectivity index (χ2v) is 10.8. The van der Waals surface area contributed by atoms with Crippen LogP contribution in [0.4, 0.5) is 0 Å². The molecule has 9 heteroatoms. The maximum atomic E-state index is 12.1. The van der Waals surface area contributed by atoms with Crippen LogP contribution in [0.3, 0.4) is 0 Å². The van der Waals surface area contributed by atoms with Crippen LogP contribution < -0.4 is 14.9 Å². The third kappa shape index (κ3) is 7.09. The Kier molecular flexibility index (Phi) is 9.04. The minimum absolute atomic E-state index is 0.126. The number of rotatable bonds is 9. The van der Waals surface area contributed by atoms with Crippen LogP contribution in [0.25, 0.3) is 0 Å². The van der Waals surface area contributed by atoms with E-state index < -0.39 is 0 Å². The topological polar surface area (TPSA) is 59.9 Å². The number of halogens is 2. The lowest BCUT2D eigenvalue weighted by Gasteiger charge is -2.10. The molecule has 0 aliphatic carbocycles. The first kappa shape index (κ1) is 24.8. The van der Waals surface area contributed by atoms with Crippen molar-refractivity contribution in [2.75, 3.05) is 18.1 Å². The Morgan fingerprint density at radius 3 is 2.53 bits per heavy atom. The van der Waals surface area contributed by atoms with Gasteiger partial charge in [0.15, 0.2) is 6.61 Å². The Morgan fingerprint density at radius 1 is 1.00 bits per heavy atom. The summed E-state index contributed by atoms with van der Waals surface area (Å²) in [5.41, 5.74) is 5.37. The van der Waals surface area contributed by atoms with Crippen LogP contribution in [0, 0.1) is 0 Å². The lowest BCUT2D eigenvalue weighted by Crippen LogP contribution is -2.24. The Balaban J connectivity index is 1.25. The van der Waals surface area contributed by atoms with Crippen molar-refractivity contribution in [2.45, 2.75) is 11.2 Å². The fourth-order valence-electron chi connectivity index (χ4n) is 3.14. The Labute approximate surface area is 217 Å². The fourth-order valence-corrected chi connectivity index (χ4v) is 6.32. The molecule has 5 nitrogen and oxygen atoms in total.